The Morgan fingerprint density at radius 3 is 3.06 bits per heavy atom. The highest BCUT2D eigenvalue weighted by Gasteiger charge is 2.15. The van der Waals surface area contributed by atoms with E-state index in [0.717, 1.165) is 31.8 Å². The predicted octanol–water partition coefficient (Wildman–Crippen LogP) is 2.91. The fourth-order valence-electron chi connectivity index (χ4n) is 2.43. The van der Waals surface area contributed by atoms with Gasteiger partial charge in [-0.2, -0.15) is 0 Å². The molecule has 100 valence electrons. The smallest absolute Gasteiger partial charge is 0.119 e. The van der Waals surface area contributed by atoms with E-state index in [1.807, 2.05) is 12.1 Å². The lowest BCUT2D eigenvalue weighted by Crippen LogP contribution is -2.31. The molecule has 3 heteroatoms. The standard InChI is InChI=1S/C15H23NO2/c1-12(13-5-3-7-15(11-13)17-2)16-14-6-4-9-18-10-8-14/h3,5,7,11-12,14,16H,4,6,8-10H2,1-2H3/t12-,14?/m1/s1. The number of nitrogens with one attached hydrogen (secondary N) is 1. The third kappa shape index (κ3) is 3.72. The molecule has 18 heavy (non-hydrogen) atoms. The van der Waals surface area contributed by atoms with Crippen molar-refractivity contribution in [1.82, 2.24) is 5.32 Å². The first-order valence-electron chi connectivity index (χ1n) is 6.77. The summed E-state index contributed by atoms with van der Waals surface area (Å²) in [7, 11) is 1.71. The molecule has 1 aliphatic rings. The highest BCUT2D eigenvalue weighted by Crippen LogP contribution is 2.20. The van der Waals surface area contributed by atoms with Gasteiger partial charge in [0.15, 0.2) is 0 Å². The summed E-state index contributed by atoms with van der Waals surface area (Å²) in [4.78, 5) is 0. The molecule has 2 rings (SSSR count). The molecule has 0 aliphatic carbocycles. The van der Waals surface area contributed by atoms with Crippen LogP contribution in [0, 0.1) is 0 Å². The summed E-state index contributed by atoms with van der Waals surface area (Å²) >= 11 is 0. The van der Waals surface area contributed by atoms with Crippen molar-refractivity contribution in [2.24, 2.45) is 0 Å². The number of benzene rings is 1. The minimum absolute atomic E-state index is 0.350. The fraction of sp³-hybridized carbons (Fsp3) is 0.600. The van der Waals surface area contributed by atoms with E-state index in [9.17, 15) is 0 Å². The van der Waals surface area contributed by atoms with Gasteiger partial charge in [-0.05, 0) is 43.9 Å². The molecule has 1 saturated heterocycles. The van der Waals surface area contributed by atoms with Gasteiger partial charge >= 0.3 is 0 Å². The van der Waals surface area contributed by atoms with Gasteiger partial charge in [0, 0.05) is 25.3 Å². The van der Waals surface area contributed by atoms with Crippen LogP contribution in [-0.2, 0) is 4.74 Å². The molecule has 0 bridgehead atoms. The molecule has 3 nitrogen and oxygen atoms in total. The van der Waals surface area contributed by atoms with Gasteiger partial charge in [-0.25, -0.2) is 0 Å². The second-order valence-corrected chi connectivity index (χ2v) is 4.91. The minimum Gasteiger partial charge on any atom is -0.497 e. The Bertz CT molecular complexity index is 359. The van der Waals surface area contributed by atoms with Gasteiger partial charge < -0.3 is 14.8 Å². The Morgan fingerprint density at radius 2 is 2.22 bits per heavy atom. The molecule has 1 fully saturated rings. The van der Waals surface area contributed by atoms with Gasteiger partial charge in [0.05, 0.1) is 7.11 Å². The van der Waals surface area contributed by atoms with E-state index in [0.29, 0.717) is 12.1 Å². The molecule has 1 N–H and O–H groups in total. The molecule has 1 unspecified atom stereocenters. The van der Waals surface area contributed by atoms with E-state index in [1.165, 1.54) is 12.0 Å². The Kier molecular flexibility index (Phi) is 5.02. The maximum absolute atomic E-state index is 5.49. The number of hydrogen-bond donors (Lipinski definition) is 1. The van der Waals surface area contributed by atoms with Crippen molar-refractivity contribution in [3.8, 4) is 5.75 Å². The Balaban J connectivity index is 1.95. The first-order valence-corrected chi connectivity index (χ1v) is 6.77. The van der Waals surface area contributed by atoms with Gasteiger partial charge in [-0.15, -0.1) is 0 Å². The molecule has 1 aromatic carbocycles. The minimum atomic E-state index is 0.350. The van der Waals surface area contributed by atoms with Crippen LogP contribution in [0.15, 0.2) is 24.3 Å². The number of rotatable bonds is 4. The third-order valence-electron chi connectivity index (χ3n) is 3.53. The number of methoxy groups -OCH3 is 1. The van der Waals surface area contributed by atoms with Crippen molar-refractivity contribution in [2.45, 2.75) is 38.3 Å². The summed E-state index contributed by atoms with van der Waals surface area (Å²) < 4.78 is 10.8. The summed E-state index contributed by atoms with van der Waals surface area (Å²) in [6, 6.07) is 9.19. The zero-order valence-corrected chi connectivity index (χ0v) is 11.3. The second kappa shape index (κ2) is 6.76. The van der Waals surface area contributed by atoms with Crippen LogP contribution in [0.3, 0.4) is 0 Å². The molecule has 0 spiro atoms. The van der Waals surface area contributed by atoms with Crippen LogP contribution in [0.1, 0.15) is 37.8 Å². The van der Waals surface area contributed by atoms with E-state index in [4.69, 9.17) is 9.47 Å². The molecular weight excluding hydrogens is 226 g/mol. The average Bonchev–Trinajstić information content (AvgIpc) is 2.67. The lowest BCUT2D eigenvalue weighted by atomic mass is 10.0. The third-order valence-corrected chi connectivity index (χ3v) is 3.53. The van der Waals surface area contributed by atoms with Crippen molar-refractivity contribution in [1.29, 1.82) is 0 Å². The van der Waals surface area contributed by atoms with Crippen LogP contribution in [0.25, 0.3) is 0 Å². The van der Waals surface area contributed by atoms with Gasteiger partial charge in [-0.3, -0.25) is 0 Å². The molecule has 1 aliphatic heterocycles. The quantitative estimate of drug-likeness (QED) is 0.890. The van der Waals surface area contributed by atoms with Crippen LogP contribution < -0.4 is 10.1 Å². The monoisotopic (exact) mass is 249 g/mol. The lowest BCUT2D eigenvalue weighted by Gasteiger charge is -2.22. The van der Waals surface area contributed by atoms with E-state index in [-0.39, 0.29) is 0 Å². The number of hydrogen-bond acceptors (Lipinski definition) is 3. The topological polar surface area (TPSA) is 30.5 Å². The van der Waals surface area contributed by atoms with Crippen molar-refractivity contribution < 1.29 is 9.47 Å². The summed E-state index contributed by atoms with van der Waals surface area (Å²) in [5.41, 5.74) is 1.28. The van der Waals surface area contributed by atoms with Crippen LogP contribution in [0.4, 0.5) is 0 Å². The molecular formula is C15H23NO2. The zero-order valence-electron chi connectivity index (χ0n) is 11.3. The van der Waals surface area contributed by atoms with Crippen LogP contribution in [0.2, 0.25) is 0 Å². The SMILES string of the molecule is COc1cccc([C@@H](C)NC2CCCOCC2)c1. The molecule has 1 heterocycles. The lowest BCUT2D eigenvalue weighted by molar-refractivity contribution is 0.142. The molecule has 0 radical (unpaired) electrons. The van der Waals surface area contributed by atoms with Crippen molar-refractivity contribution >= 4 is 0 Å². The Hall–Kier alpha value is -1.06. The number of ether oxygens (including phenoxy) is 2. The Morgan fingerprint density at radius 1 is 1.33 bits per heavy atom. The van der Waals surface area contributed by atoms with Crippen LogP contribution in [0.5, 0.6) is 5.75 Å². The normalized spacial score (nSPS) is 22.2. The zero-order chi connectivity index (χ0) is 12.8. The summed E-state index contributed by atoms with van der Waals surface area (Å²) in [6.45, 7) is 3.99. The highest BCUT2D eigenvalue weighted by molar-refractivity contribution is 5.30. The molecule has 2 atom stereocenters. The van der Waals surface area contributed by atoms with E-state index in [2.05, 4.69) is 24.4 Å². The van der Waals surface area contributed by atoms with Crippen LogP contribution in [-0.4, -0.2) is 26.4 Å². The van der Waals surface area contributed by atoms with Crippen molar-refractivity contribution in [2.75, 3.05) is 20.3 Å². The first kappa shape index (κ1) is 13.4. The van der Waals surface area contributed by atoms with Gasteiger partial charge in [-0.1, -0.05) is 12.1 Å². The highest BCUT2D eigenvalue weighted by atomic mass is 16.5. The van der Waals surface area contributed by atoms with Crippen LogP contribution >= 0.6 is 0 Å². The molecule has 1 aromatic rings. The van der Waals surface area contributed by atoms with Gasteiger partial charge in [0.25, 0.3) is 0 Å². The fourth-order valence-corrected chi connectivity index (χ4v) is 2.43. The maximum atomic E-state index is 5.49. The molecule has 0 aromatic heterocycles. The maximum Gasteiger partial charge on any atom is 0.119 e. The van der Waals surface area contributed by atoms with Gasteiger partial charge in [0.1, 0.15) is 5.75 Å². The summed E-state index contributed by atoms with van der Waals surface area (Å²) in [6.07, 6.45) is 3.46. The van der Waals surface area contributed by atoms with Gasteiger partial charge in [0.2, 0.25) is 0 Å². The van der Waals surface area contributed by atoms with Crippen molar-refractivity contribution in [3.63, 3.8) is 0 Å². The molecule has 0 saturated carbocycles. The summed E-state index contributed by atoms with van der Waals surface area (Å²) in [5.74, 6) is 0.922. The van der Waals surface area contributed by atoms with Crippen molar-refractivity contribution in [3.05, 3.63) is 29.8 Å². The van der Waals surface area contributed by atoms with E-state index < -0.39 is 0 Å². The first-order chi connectivity index (χ1) is 8.79. The average molecular weight is 249 g/mol. The predicted molar refractivity (Wildman–Crippen MR) is 73.0 cm³/mol. The van der Waals surface area contributed by atoms with E-state index >= 15 is 0 Å². The van der Waals surface area contributed by atoms with E-state index in [1.54, 1.807) is 7.11 Å². The summed E-state index contributed by atoms with van der Waals surface area (Å²) in [5, 5.41) is 3.69. The Labute approximate surface area is 109 Å². The second-order valence-electron chi connectivity index (χ2n) is 4.91. The molecule has 0 amide bonds. The largest absolute Gasteiger partial charge is 0.497 e.